The number of hydrogen-bond acceptors (Lipinski definition) is 5. The average molecular weight is 499 g/mol. The van der Waals surface area contributed by atoms with Gasteiger partial charge in [-0.25, -0.2) is 4.79 Å². The summed E-state index contributed by atoms with van der Waals surface area (Å²) in [6.45, 7) is 3.62. The highest BCUT2D eigenvalue weighted by molar-refractivity contribution is 5.79. The smallest absolute Gasteiger partial charge is 0.328 e. The van der Waals surface area contributed by atoms with Crippen molar-refractivity contribution in [1.29, 1.82) is 0 Å². The SMILES string of the molecule is [2H]C([2H])([2H])C(C)C[C@H](NC=O)C(=O)O[C@H]1C[C@@H](CCCCCCCCCCC)OC(=O)[C@H]1CCCCCC. The van der Waals surface area contributed by atoms with Gasteiger partial charge in [0.15, 0.2) is 0 Å². The minimum absolute atomic E-state index is 0.0612. The number of amides is 1. The largest absolute Gasteiger partial charge is 0.462 e. The third-order valence-electron chi connectivity index (χ3n) is 6.94. The molecule has 1 aliphatic heterocycles. The van der Waals surface area contributed by atoms with Crippen molar-refractivity contribution in [3.63, 3.8) is 0 Å². The van der Waals surface area contributed by atoms with Crippen LogP contribution < -0.4 is 5.32 Å². The van der Waals surface area contributed by atoms with Crippen molar-refractivity contribution in [3.05, 3.63) is 0 Å². The Labute approximate surface area is 218 Å². The van der Waals surface area contributed by atoms with E-state index in [4.69, 9.17) is 13.6 Å². The first-order valence-corrected chi connectivity index (χ1v) is 14.2. The van der Waals surface area contributed by atoms with Crippen LogP contribution in [0.4, 0.5) is 0 Å². The first-order chi connectivity index (χ1) is 18.1. The average Bonchev–Trinajstić information content (AvgIpc) is 2.85. The van der Waals surface area contributed by atoms with Crippen LogP contribution in [-0.4, -0.2) is 36.6 Å². The molecule has 0 aliphatic carbocycles. The van der Waals surface area contributed by atoms with Gasteiger partial charge in [0, 0.05) is 10.5 Å². The molecule has 1 aliphatic rings. The maximum atomic E-state index is 13.0. The second kappa shape index (κ2) is 19.6. The number of cyclic esters (lactones) is 1. The van der Waals surface area contributed by atoms with Gasteiger partial charge in [-0.2, -0.15) is 0 Å². The molecule has 204 valence electrons. The van der Waals surface area contributed by atoms with Crippen LogP contribution >= 0.6 is 0 Å². The predicted molar refractivity (Wildman–Crippen MR) is 141 cm³/mol. The summed E-state index contributed by atoms with van der Waals surface area (Å²) in [6, 6.07) is -1.07. The van der Waals surface area contributed by atoms with Crippen LogP contribution in [0, 0.1) is 11.8 Å². The van der Waals surface area contributed by atoms with Gasteiger partial charge in [-0.05, 0) is 31.6 Å². The molecule has 0 saturated carbocycles. The quantitative estimate of drug-likeness (QED) is 0.106. The van der Waals surface area contributed by atoms with E-state index in [0.717, 1.165) is 44.9 Å². The van der Waals surface area contributed by atoms with Crippen LogP contribution in [0.25, 0.3) is 0 Å². The van der Waals surface area contributed by atoms with E-state index in [9.17, 15) is 14.4 Å². The Morgan fingerprint density at radius 2 is 1.60 bits per heavy atom. The van der Waals surface area contributed by atoms with Gasteiger partial charge in [0.2, 0.25) is 6.41 Å². The number of carbonyl (C=O) groups is 3. The third-order valence-corrected chi connectivity index (χ3v) is 6.94. The molecule has 0 bridgehead atoms. The standard InChI is InChI=1S/C29H53NO5/c1-5-7-9-11-12-13-14-15-16-18-24-21-27(25(28(32)34-24)19-17-10-8-6-2)35-29(33)26(30-22-31)20-23(3)4/h22-27H,5-21H2,1-4H3,(H,30,31)/t24-,25+,26+,27+/m1/s1/i3D3/t23?,24-,25+,26+,27+. The van der Waals surface area contributed by atoms with E-state index in [0.29, 0.717) is 19.3 Å². The fraction of sp³-hybridized carbons (Fsp3) is 0.897. The Kier molecular flexibility index (Phi) is 14.8. The molecule has 35 heavy (non-hydrogen) atoms. The highest BCUT2D eigenvalue weighted by Gasteiger charge is 2.41. The number of esters is 2. The van der Waals surface area contributed by atoms with Gasteiger partial charge in [-0.3, -0.25) is 9.59 Å². The lowest BCUT2D eigenvalue weighted by Crippen LogP contribution is -2.47. The van der Waals surface area contributed by atoms with Crippen LogP contribution in [-0.2, 0) is 23.9 Å². The summed E-state index contributed by atoms with van der Waals surface area (Å²) >= 11 is 0. The normalized spacial score (nSPS) is 23.3. The zero-order valence-electron chi connectivity index (χ0n) is 25.5. The van der Waals surface area contributed by atoms with E-state index in [1.165, 1.54) is 51.9 Å². The highest BCUT2D eigenvalue weighted by atomic mass is 16.6. The number of rotatable bonds is 21. The van der Waals surface area contributed by atoms with Crippen LogP contribution in [0.3, 0.4) is 0 Å². The Hall–Kier alpha value is -1.59. The first kappa shape index (κ1) is 26.5. The molecule has 1 amide bonds. The molecule has 6 heteroatoms. The third kappa shape index (κ3) is 13.9. The second-order valence-electron chi connectivity index (χ2n) is 10.3. The van der Waals surface area contributed by atoms with E-state index in [-0.39, 0.29) is 18.5 Å². The summed E-state index contributed by atoms with van der Waals surface area (Å²) in [7, 11) is 0. The van der Waals surface area contributed by atoms with Crippen molar-refractivity contribution in [2.75, 3.05) is 0 Å². The summed E-state index contributed by atoms with van der Waals surface area (Å²) in [6.07, 6.45) is 16.1. The lowest BCUT2D eigenvalue weighted by atomic mass is 9.87. The van der Waals surface area contributed by atoms with Crippen molar-refractivity contribution in [2.24, 2.45) is 11.8 Å². The van der Waals surface area contributed by atoms with Gasteiger partial charge in [0.05, 0.1) is 5.92 Å². The Balaban J connectivity index is 2.72. The zero-order valence-corrected chi connectivity index (χ0v) is 22.5. The predicted octanol–water partition coefficient (Wildman–Crippen LogP) is 6.88. The lowest BCUT2D eigenvalue weighted by molar-refractivity contribution is -0.181. The molecule has 1 heterocycles. The maximum absolute atomic E-state index is 13.0. The van der Waals surface area contributed by atoms with Crippen molar-refractivity contribution < 1.29 is 28.0 Å². The Bertz CT molecular complexity index is 673. The van der Waals surface area contributed by atoms with Gasteiger partial charge < -0.3 is 14.8 Å². The Morgan fingerprint density at radius 1 is 1.03 bits per heavy atom. The molecule has 0 spiro atoms. The molecule has 0 aromatic rings. The van der Waals surface area contributed by atoms with Gasteiger partial charge in [0.1, 0.15) is 18.2 Å². The van der Waals surface area contributed by atoms with E-state index < -0.39 is 36.8 Å². The molecule has 0 aromatic heterocycles. The molecule has 1 N–H and O–H groups in total. The molecular formula is C29H53NO5. The molecule has 1 fully saturated rings. The highest BCUT2D eigenvalue weighted by Crippen LogP contribution is 2.31. The van der Waals surface area contributed by atoms with Gasteiger partial charge in [-0.15, -0.1) is 0 Å². The number of unbranched alkanes of at least 4 members (excludes halogenated alkanes) is 11. The number of ether oxygens (including phenoxy) is 2. The number of hydrogen-bond donors (Lipinski definition) is 1. The van der Waals surface area contributed by atoms with Crippen LogP contribution in [0.15, 0.2) is 0 Å². The molecule has 0 radical (unpaired) electrons. The van der Waals surface area contributed by atoms with Crippen LogP contribution in [0.1, 0.15) is 141 Å². The van der Waals surface area contributed by atoms with Gasteiger partial charge in [0.25, 0.3) is 0 Å². The van der Waals surface area contributed by atoms with E-state index in [1.54, 1.807) is 0 Å². The lowest BCUT2D eigenvalue weighted by Gasteiger charge is -2.35. The van der Waals surface area contributed by atoms with Crippen molar-refractivity contribution in [2.45, 2.75) is 155 Å². The topological polar surface area (TPSA) is 81.7 Å². The van der Waals surface area contributed by atoms with E-state index >= 15 is 0 Å². The summed E-state index contributed by atoms with van der Waals surface area (Å²) in [4.78, 5) is 37.2. The summed E-state index contributed by atoms with van der Waals surface area (Å²) < 4.78 is 34.4. The zero-order chi connectivity index (χ0) is 28.4. The van der Waals surface area contributed by atoms with Crippen molar-refractivity contribution in [1.82, 2.24) is 5.32 Å². The Morgan fingerprint density at radius 3 is 2.20 bits per heavy atom. The first-order valence-electron chi connectivity index (χ1n) is 15.7. The number of nitrogens with one attached hydrogen (secondary N) is 1. The summed E-state index contributed by atoms with van der Waals surface area (Å²) in [5, 5.41) is 2.42. The fourth-order valence-electron chi connectivity index (χ4n) is 4.86. The molecule has 1 saturated heterocycles. The monoisotopic (exact) mass is 498 g/mol. The van der Waals surface area contributed by atoms with E-state index in [2.05, 4.69) is 19.2 Å². The maximum Gasteiger partial charge on any atom is 0.328 e. The van der Waals surface area contributed by atoms with Crippen molar-refractivity contribution >= 4 is 18.3 Å². The van der Waals surface area contributed by atoms with Gasteiger partial charge in [-0.1, -0.05) is 105 Å². The molecule has 1 rings (SSSR count). The minimum Gasteiger partial charge on any atom is -0.462 e. The van der Waals surface area contributed by atoms with Crippen LogP contribution in [0.2, 0.25) is 0 Å². The minimum atomic E-state index is -2.25. The summed E-state index contributed by atoms with van der Waals surface area (Å²) in [5.41, 5.74) is 0. The van der Waals surface area contributed by atoms with Crippen molar-refractivity contribution in [3.8, 4) is 0 Å². The molecule has 5 atom stereocenters. The second-order valence-corrected chi connectivity index (χ2v) is 10.3. The van der Waals surface area contributed by atoms with E-state index in [1.807, 2.05) is 0 Å². The molecule has 0 aromatic carbocycles. The number of carbonyl (C=O) groups excluding carboxylic acids is 3. The molecule has 6 nitrogen and oxygen atoms in total. The molecular weight excluding hydrogens is 442 g/mol. The molecule has 1 unspecified atom stereocenters. The summed E-state index contributed by atoms with van der Waals surface area (Å²) in [5.74, 6) is -2.34. The van der Waals surface area contributed by atoms with Gasteiger partial charge >= 0.3 is 11.9 Å². The fourth-order valence-corrected chi connectivity index (χ4v) is 4.86. The van der Waals surface area contributed by atoms with Crippen LogP contribution in [0.5, 0.6) is 0 Å².